The van der Waals surface area contributed by atoms with Gasteiger partial charge in [0.05, 0.1) is 12.6 Å². The summed E-state index contributed by atoms with van der Waals surface area (Å²) in [6.07, 6.45) is 5.78. The van der Waals surface area contributed by atoms with Gasteiger partial charge >= 0.3 is 5.97 Å². The molecule has 17 heavy (non-hydrogen) atoms. The van der Waals surface area contributed by atoms with Gasteiger partial charge in [-0.2, -0.15) is 0 Å². The molecule has 0 aromatic carbocycles. The van der Waals surface area contributed by atoms with E-state index in [4.69, 9.17) is 4.74 Å². The summed E-state index contributed by atoms with van der Waals surface area (Å²) in [5, 5.41) is 10.0. The van der Waals surface area contributed by atoms with Crippen molar-refractivity contribution in [1.29, 1.82) is 0 Å². The number of carboxylic acids is 1. The summed E-state index contributed by atoms with van der Waals surface area (Å²) in [5.74, 6) is -1.66. The summed E-state index contributed by atoms with van der Waals surface area (Å²) in [5.41, 5.74) is 0. The summed E-state index contributed by atoms with van der Waals surface area (Å²) >= 11 is 0. The van der Waals surface area contributed by atoms with Gasteiger partial charge in [-0.3, -0.25) is 0 Å². The zero-order valence-electron chi connectivity index (χ0n) is 10.3. The molecule has 0 rings (SSSR count). The maximum atomic E-state index is 11.0. The number of carboxylic acid groups (broad SMARTS) is 1. The van der Waals surface area contributed by atoms with E-state index in [9.17, 15) is 14.7 Å². The van der Waals surface area contributed by atoms with E-state index in [1.165, 1.54) is 0 Å². The predicted octanol–water partition coefficient (Wildman–Crippen LogP) is -1.94. The molecule has 100 valence electrons. The molecule has 0 aliphatic rings. The number of unbranched alkanes of at least 4 members (excludes halogenated alkanes) is 1. The summed E-state index contributed by atoms with van der Waals surface area (Å²) in [4.78, 5) is 21.1. The maximum absolute atomic E-state index is 11.0. The second-order valence-electron chi connectivity index (χ2n) is 3.70. The van der Waals surface area contributed by atoms with Crippen LogP contribution in [0.1, 0.15) is 39.5 Å². The second-order valence-corrected chi connectivity index (χ2v) is 3.70. The predicted molar refractivity (Wildman–Crippen MR) is 58.4 cm³/mol. The van der Waals surface area contributed by atoms with Crippen LogP contribution in [0.5, 0.6) is 0 Å². The van der Waals surface area contributed by atoms with Crippen LogP contribution < -0.4 is 17.5 Å². The first-order valence-electron chi connectivity index (χ1n) is 5.65. The van der Waals surface area contributed by atoms with Crippen molar-refractivity contribution in [2.24, 2.45) is 5.92 Å². The number of rotatable bonds is 8. The molecule has 0 saturated carbocycles. The normalized spacial score (nSPS) is 11.9. The summed E-state index contributed by atoms with van der Waals surface area (Å²) < 4.78 is 4.93. The third-order valence-corrected chi connectivity index (χ3v) is 2.36. The monoisotopic (exact) mass is 262 g/mol. The lowest BCUT2D eigenvalue weighted by Gasteiger charge is -2.13. The molecule has 0 aliphatic carbocycles. The van der Waals surface area contributed by atoms with Gasteiger partial charge in [-0.15, -0.1) is 0 Å². The van der Waals surface area contributed by atoms with E-state index in [1.807, 2.05) is 6.92 Å². The maximum Gasteiger partial charge on any atom is 0.330 e. The minimum atomic E-state index is -1.39. The fourth-order valence-corrected chi connectivity index (χ4v) is 1.28. The number of hydrogen-bond acceptors (Lipinski definition) is 4. The minimum absolute atomic E-state index is 0. The highest BCUT2D eigenvalue weighted by Crippen LogP contribution is 2.12. The van der Waals surface area contributed by atoms with Gasteiger partial charge in [0.25, 0.3) is 0 Å². The van der Waals surface area contributed by atoms with E-state index in [2.05, 4.69) is 6.92 Å². The summed E-state index contributed by atoms with van der Waals surface area (Å²) in [6.45, 7) is 4.51. The first kappa shape index (κ1) is 18.3. The fourth-order valence-electron chi connectivity index (χ4n) is 1.28. The Morgan fingerprint density at radius 3 is 2.41 bits per heavy atom. The van der Waals surface area contributed by atoms with Crippen LogP contribution in [0.3, 0.4) is 0 Å². The SMILES string of the molecule is CCCCC(CC)COC(=O)/C=C\C(=O)[O-].[Cl-]. The average Bonchev–Trinajstić information content (AvgIpc) is 2.26. The van der Waals surface area contributed by atoms with E-state index in [0.29, 0.717) is 18.6 Å². The Kier molecular flexibility index (Phi) is 12.4. The second kappa shape index (κ2) is 11.5. The zero-order chi connectivity index (χ0) is 12.4. The van der Waals surface area contributed by atoms with Crippen molar-refractivity contribution in [3.63, 3.8) is 0 Å². The molecule has 0 fully saturated rings. The third-order valence-electron chi connectivity index (χ3n) is 2.36. The first-order chi connectivity index (χ1) is 7.60. The lowest BCUT2D eigenvalue weighted by atomic mass is 10.0. The van der Waals surface area contributed by atoms with Crippen LogP contribution in [0.2, 0.25) is 0 Å². The van der Waals surface area contributed by atoms with Crippen LogP contribution in [-0.2, 0) is 14.3 Å². The Balaban J connectivity index is 0. The van der Waals surface area contributed by atoms with Crippen molar-refractivity contribution >= 4 is 11.9 Å². The van der Waals surface area contributed by atoms with Gasteiger partial charge in [0.15, 0.2) is 0 Å². The van der Waals surface area contributed by atoms with Crippen LogP contribution in [0.25, 0.3) is 0 Å². The molecular weight excluding hydrogens is 244 g/mol. The van der Waals surface area contributed by atoms with Crippen molar-refractivity contribution in [1.82, 2.24) is 0 Å². The third kappa shape index (κ3) is 11.2. The topological polar surface area (TPSA) is 66.4 Å². The first-order valence-corrected chi connectivity index (χ1v) is 5.65. The van der Waals surface area contributed by atoms with E-state index in [1.54, 1.807) is 0 Å². The molecule has 1 unspecified atom stereocenters. The van der Waals surface area contributed by atoms with Crippen molar-refractivity contribution in [2.75, 3.05) is 6.61 Å². The smallest absolute Gasteiger partial charge is 0.330 e. The van der Waals surface area contributed by atoms with Crippen molar-refractivity contribution in [3.8, 4) is 0 Å². The largest absolute Gasteiger partial charge is 1.00 e. The molecule has 0 radical (unpaired) electrons. The fraction of sp³-hybridized carbons (Fsp3) is 0.667. The number of hydrogen-bond donors (Lipinski definition) is 0. The van der Waals surface area contributed by atoms with Crippen molar-refractivity contribution in [3.05, 3.63) is 12.2 Å². The molecule has 0 heterocycles. The van der Waals surface area contributed by atoms with Crippen molar-refractivity contribution in [2.45, 2.75) is 39.5 Å². The molecule has 1 atom stereocenters. The van der Waals surface area contributed by atoms with Gasteiger partial charge in [0, 0.05) is 6.08 Å². The Labute approximate surface area is 108 Å². The van der Waals surface area contributed by atoms with E-state index >= 15 is 0 Å². The highest BCUT2D eigenvalue weighted by Gasteiger charge is 2.07. The van der Waals surface area contributed by atoms with Crippen molar-refractivity contribution < 1.29 is 31.8 Å². The number of esters is 1. The van der Waals surface area contributed by atoms with E-state index in [0.717, 1.165) is 31.8 Å². The Hall–Kier alpha value is -1.03. The number of ether oxygens (including phenoxy) is 1. The molecule has 0 spiro atoms. The Morgan fingerprint density at radius 2 is 1.94 bits per heavy atom. The molecule has 0 aliphatic heterocycles. The van der Waals surface area contributed by atoms with Gasteiger partial charge in [0.1, 0.15) is 0 Å². The lowest BCUT2D eigenvalue weighted by molar-refractivity contribution is -0.297. The molecule has 0 N–H and O–H groups in total. The Morgan fingerprint density at radius 1 is 1.29 bits per heavy atom. The van der Waals surface area contributed by atoms with Gasteiger partial charge in [0.2, 0.25) is 0 Å². The standard InChI is InChI=1S/C12H20O4.ClH/c1-3-5-6-10(4-2)9-16-12(15)8-7-11(13)14;/h7-8,10H,3-6,9H2,1-2H3,(H,13,14);1H/p-2/b8-7-;. The van der Waals surface area contributed by atoms with Gasteiger partial charge in [-0.25, -0.2) is 4.79 Å². The quantitative estimate of drug-likeness (QED) is 0.377. The van der Waals surface area contributed by atoms with Crippen LogP contribution in [0, 0.1) is 5.92 Å². The van der Waals surface area contributed by atoms with Crippen LogP contribution in [0.15, 0.2) is 12.2 Å². The number of halogens is 1. The molecule has 5 heteroatoms. The lowest BCUT2D eigenvalue weighted by Crippen LogP contribution is -3.00. The number of carbonyl (C=O) groups excluding carboxylic acids is 2. The summed E-state index contributed by atoms with van der Waals surface area (Å²) in [6, 6.07) is 0. The number of carbonyl (C=O) groups is 2. The van der Waals surface area contributed by atoms with Crippen LogP contribution in [0.4, 0.5) is 0 Å². The molecule has 0 bridgehead atoms. The molecule has 0 saturated heterocycles. The van der Waals surface area contributed by atoms with Crippen LogP contribution in [-0.4, -0.2) is 18.5 Å². The molecule has 4 nitrogen and oxygen atoms in total. The Bertz CT molecular complexity index is 251. The minimum Gasteiger partial charge on any atom is -1.00 e. The molecular formula is C12H19ClO4-2. The number of aliphatic carboxylic acids is 1. The van der Waals surface area contributed by atoms with Gasteiger partial charge in [-0.1, -0.05) is 33.1 Å². The van der Waals surface area contributed by atoms with Gasteiger partial charge in [-0.05, 0) is 18.4 Å². The molecule has 0 aromatic heterocycles. The average molecular weight is 263 g/mol. The molecule has 0 aromatic rings. The summed E-state index contributed by atoms with van der Waals surface area (Å²) in [7, 11) is 0. The zero-order valence-corrected chi connectivity index (χ0v) is 11.0. The highest BCUT2D eigenvalue weighted by atomic mass is 35.5. The highest BCUT2D eigenvalue weighted by molar-refractivity contribution is 5.89. The molecule has 0 amide bonds. The van der Waals surface area contributed by atoms with Gasteiger partial charge < -0.3 is 27.0 Å². The van der Waals surface area contributed by atoms with E-state index < -0.39 is 11.9 Å². The van der Waals surface area contributed by atoms with E-state index in [-0.39, 0.29) is 12.4 Å². The van der Waals surface area contributed by atoms with Crippen LogP contribution >= 0.6 is 0 Å².